The lowest BCUT2D eigenvalue weighted by Gasteiger charge is -2.35. The summed E-state index contributed by atoms with van der Waals surface area (Å²) in [7, 11) is 1.70. The lowest BCUT2D eigenvalue weighted by Crippen LogP contribution is -2.53. The first-order chi connectivity index (χ1) is 16.7. The summed E-state index contributed by atoms with van der Waals surface area (Å²) in [5.74, 6) is -0.0897. The Morgan fingerprint density at radius 1 is 1.26 bits per heavy atom. The van der Waals surface area contributed by atoms with Gasteiger partial charge in [0.1, 0.15) is 5.60 Å². The van der Waals surface area contributed by atoms with E-state index in [1.807, 2.05) is 37.8 Å². The van der Waals surface area contributed by atoms with Crippen LogP contribution in [0.5, 0.6) is 0 Å². The standard InChI is InChI=1S/C26H36ClN3O5/c1-26(2,3)35-25(32)29-12-14-34-22(17-29)24(31)30(19-9-10-19)16-18-15-28(11-6-13-33-4)21-8-5-7-20(27)23(18)21/h5,7-8,15,19,22H,6,9-14,16-17H2,1-4H3/t22-/m1/s1. The Hall–Kier alpha value is -2.29. The van der Waals surface area contributed by atoms with E-state index in [0.717, 1.165) is 42.3 Å². The molecular formula is C26H36ClN3O5. The lowest BCUT2D eigenvalue weighted by atomic mass is 10.1. The van der Waals surface area contributed by atoms with Crippen LogP contribution >= 0.6 is 11.6 Å². The van der Waals surface area contributed by atoms with E-state index in [2.05, 4.69) is 16.8 Å². The number of nitrogens with zero attached hydrogens (tertiary/aromatic N) is 3. The van der Waals surface area contributed by atoms with E-state index in [-0.39, 0.29) is 18.5 Å². The fraction of sp³-hybridized carbons (Fsp3) is 0.615. The maximum absolute atomic E-state index is 13.6. The van der Waals surface area contributed by atoms with Crippen LogP contribution in [0.2, 0.25) is 5.02 Å². The van der Waals surface area contributed by atoms with E-state index < -0.39 is 17.8 Å². The summed E-state index contributed by atoms with van der Waals surface area (Å²) < 4.78 is 18.8. The number of benzene rings is 1. The molecule has 8 nitrogen and oxygen atoms in total. The molecule has 1 saturated carbocycles. The van der Waals surface area contributed by atoms with Crippen molar-refractivity contribution in [3.8, 4) is 0 Å². The van der Waals surface area contributed by atoms with Crippen molar-refractivity contribution in [2.75, 3.05) is 33.4 Å². The number of aromatic nitrogens is 1. The molecule has 2 amide bonds. The summed E-state index contributed by atoms with van der Waals surface area (Å²) in [5, 5.41) is 1.65. The van der Waals surface area contributed by atoms with Gasteiger partial charge in [0.05, 0.1) is 18.2 Å². The van der Waals surface area contributed by atoms with E-state index in [1.165, 1.54) is 0 Å². The predicted molar refractivity (Wildman–Crippen MR) is 135 cm³/mol. The summed E-state index contributed by atoms with van der Waals surface area (Å²) in [6.07, 6.45) is 3.80. The summed E-state index contributed by atoms with van der Waals surface area (Å²) in [6, 6.07) is 6.08. The largest absolute Gasteiger partial charge is 0.444 e. The zero-order valence-electron chi connectivity index (χ0n) is 21.1. The van der Waals surface area contributed by atoms with Crippen LogP contribution in [0.1, 0.15) is 45.6 Å². The van der Waals surface area contributed by atoms with Gasteiger partial charge in [-0.2, -0.15) is 0 Å². The van der Waals surface area contributed by atoms with Crippen LogP contribution in [0.4, 0.5) is 4.79 Å². The highest BCUT2D eigenvalue weighted by Crippen LogP contribution is 2.34. The third-order valence-electron chi connectivity index (χ3n) is 6.29. The molecule has 1 atom stereocenters. The van der Waals surface area contributed by atoms with E-state index in [1.54, 1.807) is 12.0 Å². The van der Waals surface area contributed by atoms with Crippen LogP contribution in [0.15, 0.2) is 24.4 Å². The van der Waals surface area contributed by atoms with Crippen molar-refractivity contribution in [2.24, 2.45) is 0 Å². The molecule has 2 aromatic rings. The van der Waals surface area contributed by atoms with Gasteiger partial charge < -0.3 is 28.6 Å². The van der Waals surface area contributed by atoms with Crippen LogP contribution in [-0.2, 0) is 32.1 Å². The number of rotatable bonds is 8. The minimum Gasteiger partial charge on any atom is -0.444 e. The molecule has 0 radical (unpaired) electrons. The topological polar surface area (TPSA) is 73.2 Å². The van der Waals surface area contributed by atoms with Gasteiger partial charge in [0.2, 0.25) is 0 Å². The van der Waals surface area contributed by atoms with Crippen molar-refractivity contribution < 1.29 is 23.8 Å². The molecule has 9 heteroatoms. The molecule has 1 aromatic carbocycles. The zero-order valence-corrected chi connectivity index (χ0v) is 21.8. The van der Waals surface area contributed by atoms with Crippen LogP contribution in [0.25, 0.3) is 10.9 Å². The summed E-state index contributed by atoms with van der Waals surface area (Å²) in [5.41, 5.74) is 1.48. The van der Waals surface area contributed by atoms with Gasteiger partial charge in [-0.3, -0.25) is 4.79 Å². The number of fused-ring (bicyclic) bond motifs is 1. The van der Waals surface area contributed by atoms with Gasteiger partial charge in [0.25, 0.3) is 5.91 Å². The van der Waals surface area contributed by atoms with Crippen LogP contribution in [0.3, 0.4) is 0 Å². The second-order valence-corrected chi connectivity index (χ2v) is 10.7. The molecule has 2 aliphatic rings. The molecule has 2 fully saturated rings. The minimum atomic E-state index is -0.706. The fourth-order valence-corrected chi connectivity index (χ4v) is 4.80. The second-order valence-electron chi connectivity index (χ2n) is 10.3. The average Bonchev–Trinajstić information content (AvgIpc) is 3.59. The first-order valence-electron chi connectivity index (χ1n) is 12.3. The van der Waals surface area contributed by atoms with Crippen LogP contribution in [-0.4, -0.2) is 77.5 Å². The van der Waals surface area contributed by atoms with Gasteiger partial charge in [-0.05, 0) is 57.7 Å². The highest BCUT2D eigenvalue weighted by atomic mass is 35.5. The number of amides is 2. The summed E-state index contributed by atoms with van der Waals surface area (Å²) in [6.45, 7) is 8.34. The predicted octanol–water partition coefficient (Wildman–Crippen LogP) is 4.46. The van der Waals surface area contributed by atoms with Crippen molar-refractivity contribution in [3.63, 3.8) is 0 Å². The van der Waals surface area contributed by atoms with Crippen molar-refractivity contribution in [1.29, 1.82) is 0 Å². The summed E-state index contributed by atoms with van der Waals surface area (Å²) in [4.78, 5) is 29.7. The molecule has 2 heterocycles. The number of hydrogen-bond acceptors (Lipinski definition) is 5. The van der Waals surface area contributed by atoms with Gasteiger partial charge >= 0.3 is 6.09 Å². The number of methoxy groups -OCH3 is 1. The minimum absolute atomic E-state index is 0.0897. The molecule has 1 aliphatic heterocycles. The van der Waals surface area contributed by atoms with Crippen LogP contribution in [0, 0.1) is 0 Å². The third kappa shape index (κ3) is 6.29. The molecule has 1 saturated heterocycles. The van der Waals surface area contributed by atoms with Crippen molar-refractivity contribution in [3.05, 3.63) is 35.0 Å². The number of morpholine rings is 1. The highest BCUT2D eigenvalue weighted by Gasteiger charge is 2.40. The Balaban J connectivity index is 1.53. The van der Waals surface area contributed by atoms with E-state index in [0.29, 0.717) is 31.3 Å². The Morgan fingerprint density at radius 3 is 2.71 bits per heavy atom. The number of ether oxygens (including phenoxy) is 3. The first kappa shape index (κ1) is 25.8. The van der Waals surface area contributed by atoms with Gasteiger partial charge in [0.15, 0.2) is 6.10 Å². The summed E-state index contributed by atoms with van der Waals surface area (Å²) >= 11 is 6.63. The molecule has 0 unspecified atom stereocenters. The monoisotopic (exact) mass is 505 g/mol. The van der Waals surface area contributed by atoms with E-state index in [9.17, 15) is 9.59 Å². The molecule has 0 bridgehead atoms. The fourth-order valence-electron chi connectivity index (χ4n) is 4.51. The van der Waals surface area contributed by atoms with Crippen molar-refractivity contribution in [2.45, 2.75) is 70.9 Å². The zero-order chi connectivity index (χ0) is 25.2. The Morgan fingerprint density at radius 2 is 2.03 bits per heavy atom. The molecule has 4 rings (SSSR count). The number of aryl methyl sites for hydroxylation is 1. The second kappa shape index (κ2) is 10.8. The van der Waals surface area contributed by atoms with Crippen molar-refractivity contribution >= 4 is 34.5 Å². The maximum atomic E-state index is 13.6. The molecule has 1 aromatic heterocycles. The Kier molecular flexibility index (Phi) is 7.93. The molecule has 192 valence electrons. The quantitative estimate of drug-likeness (QED) is 0.495. The van der Waals surface area contributed by atoms with Gasteiger partial charge in [-0.25, -0.2) is 4.79 Å². The molecular weight excluding hydrogens is 470 g/mol. The molecule has 0 spiro atoms. The van der Waals surface area contributed by atoms with Crippen molar-refractivity contribution in [1.82, 2.24) is 14.4 Å². The Bertz CT molecular complexity index is 1060. The van der Waals surface area contributed by atoms with Gasteiger partial charge in [0, 0.05) is 56.5 Å². The van der Waals surface area contributed by atoms with E-state index in [4.69, 9.17) is 25.8 Å². The van der Waals surface area contributed by atoms with Gasteiger partial charge in [-0.15, -0.1) is 0 Å². The molecule has 0 N–H and O–H groups in total. The number of carbonyl (C=O) groups excluding carboxylic acids is 2. The number of carbonyl (C=O) groups is 2. The van der Waals surface area contributed by atoms with E-state index >= 15 is 0 Å². The number of hydrogen-bond donors (Lipinski definition) is 0. The molecule has 35 heavy (non-hydrogen) atoms. The SMILES string of the molecule is COCCCn1cc(CN(C(=O)[C@H]2CN(C(=O)OC(C)(C)C)CCO2)C2CC2)c2c(Cl)cccc21. The lowest BCUT2D eigenvalue weighted by molar-refractivity contribution is -0.150. The first-order valence-corrected chi connectivity index (χ1v) is 12.7. The van der Waals surface area contributed by atoms with Gasteiger partial charge in [-0.1, -0.05) is 17.7 Å². The Labute approximate surface area is 212 Å². The third-order valence-corrected chi connectivity index (χ3v) is 6.60. The smallest absolute Gasteiger partial charge is 0.410 e. The number of halogens is 1. The highest BCUT2D eigenvalue weighted by molar-refractivity contribution is 6.35. The normalized spacial score (nSPS) is 18.7. The van der Waals surface area contributed by atoms with Crippen LogP contribution < -0.4 is 0 Å². The average molecular weight is 506 g/mol. The molecule has 1 aliphatic carbocycles. The maximum Gasteiger partial charge on any atom is 0.410 e.